The summed E-state index contributed by atoms with van der Waals surface area (Å²) in [5, 5.41) is 11.8. The van der Waals surface area contributed by atoms with Gasteiger partial charge in [-0.15, -0.1) is 0 Å². The van der Waals surface area contributed by atoms with Crippen molar-refractivity contribution in [1.82, 2.24) is 14.9 Å². The summed E-state index contributed by atoms with van der Waals surface area (Å²) in [4.78, 5) is 12.5. The Bertz CT molecular complexity index is 1200. The number of benzene rings is 2. The van der Waals surface area contributed by atoms with Crippen LogP contribution < -0.4 is 10.1 Å². The fourth-order valence-corrected chi connectivity index (χ4v) is 3.37. The average molecular weight is 443 g/mol. The van der Waals surface area contributed by atoms with E-state index in [1.165, 1.54) is 6.07 Å². The van der Waals surface area contributed by atoms with Gasteiger partial charge in [0.2, 0.25) is 0 Å². The number of ether oxygens (including phenoxy) is 1. The van der Waals surface area contributed by atoms with E-state index < -0.39 is 5.91 Å². The van der Waals surface area contributed by atoms with E-state index in [-0.39, 0.29) is 5.69 Å². The van der Waals surface area contributed by atoms with Crippen molar-refractivity contribution < 1.29 is 14.1 Å². The lowest BCUT2D eigenvalue weighted by Gasteiger charge is -2.04. The first-order chi connectivity index (χ1) is 14.5. The molecule has 2 aromatic heterocycles. The quantitative estimate of drug-likeness (QED) is 0.446. The Balaban J connectivity index is 1.44. The van der Waals surface area contributed by atoms with Crippen molar-refractivity contribution in [2.75, 3.05) is 12.4 Å². The van der Waals surface area contributed by atoms with Crippen molar-refractivity contribution >= 4 is 34.8 Å². The largest absolute Gasteiger partial charge is 0.497 e. The Labute approximate surface area is 182 Å². The van der Waals surface area contributed by atoms with Crippen LogP contribution in [-0.4, -0.2) is 28.0 Å². The standard InChI is InChI=1S/C21H16Cl2N4O3/c1-29-16-4-2-3-13(7-16)11-27-12-15(10-24-27)25-21(28)19-9-20(30-26-19)17-6-5-14(22)8-18(17)23/h2-10,12H,11H2,1H3,(H,25,28). The van der Waals surface area contributed by atoms with E-state index in [4.69, 9.17) is 32.5 Å². The molecule has 30 heavy (non-hydrogen) atoms. The predicted molar refractivity (Wildman–Crippen MR) is 114 cm³/mol. The first kappa shape index (κ1) is 20.0. The average Bonchev–Trinajstić information content (AvgIpc) is 3.38. The van der Waals surface area contributed by atoms with Crippen LogP contribution >= 0.6 is 23.2 Å². The van der Waals surface area contributed by atoms with Gasteiger partial charge in [-0.1, -0.05) is 40.5 Å². The predicted octanol–water partition coefficient (Wildman–Crippen LogP) is 5.15. The summed E-state index contributed by atoms with van der Waals surface area (Å²) in [6.45, 7) is 0.538. The number of anilines is 1. The second-order valence-corrected chi connectivity index (χ2v) is 7.28. The molecule has 0 radical (unpaired) electrons. The molecule has 7 nitrogen and oxygen atoms in total. The summed E-state index contributed by atoms with van der Waals surface area (Å²) in [6, 6.07) is 14.2. The molecule has 1 N–H and O–H groups in total. The number of rotatable bonds is 6. The number of hydrogen-bond donors (Lipinski definition) is 1. The highest BCUT2D eigenvalue weighted by Gasteiger charge is 2.16. The maximum absolute atomic E-state index is 12.5. The zero-order valence-corrected chi connectivity index (χ0v) is 17.3. The lowest BCUT2D eigenvalue weighted by molar-refractivity contribution is 0.101. The first-order valence-corrected chi connectivity index (χ1v) is 9.66. The highest BCUT2D eigenvalue weighted by atomic mass is 35.5. The summed E-state index contributed by atoms with van der Waals surface area (Å²) in [6.07, 6.45) is 3.30. The van der Waals surface area contributed by atoms with Crippen molar-refractivity contribution in [3.63, 3.8) is 0 Å². The van der Waals surface area contributed by atoms with E-state index in [1.54, 1.807) is 42.4 Å². The number of aromatic nitrogens is 3. The molecule has 152 valence electrons. The molecular formula is C21H16Cl2N4O3. The number of carbonyl (C=O) groups excluding carboxylic acids is 1. The first-order valence-electron chi connectivity index (χ1n) is 8.91. The smallest absolute Gasteiger partial charge is 0.277 e. The third-order valence-corrected chi connectivity index (χ3v) is 4.86. The van der Waals surface area contributed by atoms with E-state index in [9.17, 15) is 4.79 Å². The molecule has 0 spiro atoms. The molecule has 0 saturated carbocycles. The number of halogens is 2. The number of nitrogens with zero attached hydrogens (tertiary/aromatic N) is 3. The fraction of sp³-hybridized carbons (Fsp3) is 0.0952. The van der Waals surface area contributed by atoms with E-state index in [0.29, 0.717) is 33.6 Å². The van der Waals surface area contributed by atoms with Gasteiger partial charge in [-0.2, -0.15) is 5.10 Å². The van der Waals surface area contributed by atoms with Crippen LogP contribution in [0.5, 0.6) is 5.75 Å². The van der Waals surface area contributed by atoms with Gasteiger partial charge in [0, 0.05) is 22.8 Å². The van der Waals surface area contributed by atoms with Gasteiger partial charge in [0.15, 0.2) is 11.5 Å². The molecular weight excluding hydrogens is 427 g/mol. The molecule has 0 aliphatic carbocycles. The van der Waals surface area contributed by atoms with Crippen molar-refractivity contribution in [2.45, 2.75) is 6.54 Å². The van der Waals surface area contributed by atoms with Crippen LogP contribution in [0.4, 0.5) is 5.69 Å². The molecule has 0 fully saturated rings. The Morgan fingerprint density at radius 2 is 2.07 bits per heavy atom. The summed E-state index contributed by atoms with van der Waals surface area (Å²) < 4.78 is 12.2. The molecule has 0 saturated heterocycles. The summed E-state index contributed by atoms with van der Waals surface area (Å²) >= 11 is 12.1. The van der Waals surface area contributed by atoms with Crippen molar-refractivity contribution in [3.8, 4) is 17.1 Å². The van der Waals surface area contributed by atoms with Crippen LogP contribution in [0.2, 0.25) is 10.0 Å². The van der Waals surface area contributed by atoms with Crippen LogP contribution in [0.3, 0.4) is 0 Å². The van der Waals surface area contributed by atoms with Gasteiger partial charge in [0.25, 0.3) is 5.91 Å². The molecule has 4 aromatic rings. The summed E-state index contributed by atoms with van der Waals surface area (Å²) in [7, 11) is 1.62. The molecule has 4 rings (SSSR count). The zero-order chi connectivity index (χ0) is 21.1. The summed E-state index contributed by atoms with van der Waals surface area (Å²) in [5.74, 6) is 0.724. The van der Waals surface area contributed by atoms with Gasteiger partial charge >= 0.3 is 0 Å². The summed E-state index contributed by atoms with van der Waals surface area (Å²) in [5.41, 5.74) is 2.28. The normalized spacial score (nSPS) is 10.8. The van der Waals surface area contributed by atoms with Gasteiger partial charge in [0.1, 0.15) is 5.75 Å². The number of methoxy groups -OCH3 is 1. The molecule has 2 heterocycles. The second-order valence-electron chi connectivity index (χ2n) is 6.43. The molecule has 2 aromatic carbocycles. The van der Waals surface area contributed by atoms with Crippen molar-refractivity contribution in [3.05, 3.63) is 82.2 Å². The van der Waals surface area contributed by atoms with Gasteiger partial charge in [-0.25, -0.2) is 0 Å². The van der Waals surface area contributed by atoms with Gasteiger partial charge in [0.05, 0.1) is 30.6 Å². The zero-order valence-electron chi connectivity index (χ0n) is 15.8. The van der Waals surface area contributed by atoms with Crippen molar-refractivity contribution in [1.29, 1.82) is 0 Å². The Hall–Kier alpha value is -3.29. The monoisotopic (exact) mass is 442 g/mol. The third-order valence-electron chi connectivity index (χ3n) is 4.31. The van der Waals surface area contributed by atoms with Crippen LogP contribution in [0.25, 0.3) is 11.3 Å². The minimum Gasteiger partial charge on any atom is -0.497 e. The van der Waals surface area contributed by atoms with Crippen LogP contribution in [0.15, 0.2) is 65.4 Å². The topological polar surface area (TPSA) is 82.2 Å². The third kappa shape index (κ3) is 4.48. The van der Waals surface area contributed by atoms with E-state index in [0.717, 1.165) is 11.3 Å². The number of amides is 1. The van der Waals surface area contributed by atoms with E-state index >= 15 is 0 Å². The van der Waals surface area contributed by atoms with Crippen molar-refractivity contribution in [2.24, 2.45) is 0 Å². The number of nitrogens with one attached hydrogen (secondary N) is 1. The highest BCUT2D eigenvalue weighted by molar-refractivity contribution is 6.36. The highest BCUT2D eigenvalue weighted by Crippen LogP contribution is 2.30. The number of hydrogen-bond acceptors (Lipinski definition) is 5. The lowest BCUT2D eigenvalue weighted by atomic mass is 10.1. The molecule has 0 atom stereocenters. The molecule has 0 aliphatic heterocycles. The SMILES string of the molecule is COc1cccc(Cn2cc(NC(=O)c3cc(-c4ccc(Cl)cc4Cl)on3)cn2)c1. The Morgan fingerprint density at radius 1 is 1.20 bits per heavy atom. The lowest BCUT2D eigenvalue weighted by Crippen LogP contribution is -2.11. The molecule has 0 aliphatic rings. The van der Waals surface area contributed by atoms with Crippen LogP contribution in [0.1, 0.15) is 16.1 Å². The Morgan fingerprint density at radius 3 is 2.87 bits per heavy atom. The van der Waals surface area contributed by atoms with Crippen LogP contribution in [-0.2, 0) is 6.54 Å². The minimum atomic E-state index is -0.420. The minimum absolute atomic E-state index is 0.122. The molecule has 1 amide bonds. The molecule has 0 bridgehead atoms. The maximum atomic E-state index is 12.5. The van der Waals surface area contributed by atoms with Crippen LogP contribution in [0, 0.1) is 0 Å². The second kappa shape index (κ2) is 8.61. The molecule has 9 heteroatoms. The fourth-order valence-electron chi connectivity index (χ4n) is 2.87. The van der Waals surface area contributed by atoms with Gasteiger partial charge < -0.3 is 14.6 Å². The maximum Gasteiger partial charge on any atom is 0.277 e. The van der Waals surface area contributed by atoms with E-state index in [2.05, 4.69) is 15.6 Å². The van der Waals surface area contributed by atoms with Gasteiger partial charge in [-0.05, 0) is 35.9 Å². The number of carbonyl (C=O) groups is 1. The molecule has 0 unspecified atom stereocenters. The van der Waals surface area contributed by atoms with Gasteiger partial charge in [-0.3, -0.25) is 9.48 Å². The van der Waals surface area contributed by atoms with E-state index in [1.807, 2.05) is 24.3 Å². The Kier molecular flexibility index (Phi) is 5.74.